The summed E-state index contributed by atoms with van der Waals surface area (Å²) in [6.45, 7) is 4.01. The number of hydrogen-bond donors (Lipinski definition) is 1. The van der Waals surface area contributed by atoms with E-state index < -0.39 is 5.82 Å². The number of benzene rings is 2. The topological polar surface area (TPSA) is 41.6 Å². The van der Waals surface area contributed by atoms with E-state index in [2.05, 4.69) is 17.3 Å². The molecule has 6 heteroatoms. The lowest BCUT2D eigenvalue weighted by molar-refractivity contribution is 0.102. The second-order valence-electron chi connectivity index (χ2n) is 6.68. The molecular weight excluding hydrogens is 355 g/mol. The maximum Gasteiger partial charge on any atom is 0.257 e. The summed E-state index contributed by atoms with van der Waals surface area (Å²) in [6.07, 6.45) is 2.15. The molecule has 0 atom stereocenters. The summed E-state index contributed by atoms with van der Waals surface area (Å²) in [5.41, 5.74) is 1.86. The van der Waals surface area contributed by atoms with Crippen LogP contribution in [-0.4, -0.2) is 37.0 Å². The Balaban J connectivity index is 1.71. The largest absolute Gasteiger partial charge is 0.490 e. The van der Waals surface area contributed by atoms with Crippen LogP contribution in [0.4, 0.5) is 10.1 Å². The van der Waals surface area contributed by atoms with Crippen LogP contribution < -0.4 is 10.1 Å². The van der Waals surface area contributed by atoms with Gasteiger partial charge in [0.2, 0.25) is 0 Å². The van der Waals surface area contributed by atoms with Crippen molar-refractivity contribution in [2.24, 2.45) is 0 Å². The van der Waals surface area contributed by atoms with Crippen molar-refractivity contribution in [3.63, 3.8) is 0 Å². The molecule has 3 rings (SSSR count). The van der Waals surface area contributed by atoms with Gasteiger partial charge in [-0.3, -0.25) is 4.79 Å². The number of halogens is 2. The Hall–Kier alpha value is -2.11. The van der Waals surface area contributed by atoms with Gasteiger partial charge in [0.25, 0.3) is 5.91 Å². The smallest absolute Gasteiger partial charge is 0.257 e. The molecule has 1 amide bonds. The number of aryl methyl sites for hydroxylation is 1. The predicted molar refractivity (Wildman–Crippen MR) is 102 cm³/mol. The van der Waals surface area contributed by atoms with Crippen molar-refractivity contribution in [1.82, 2.24) is 4.90 Å². The number of hydrogen-bond acceptors (Lipinski definition) is 3. The molecule has 26 heavy (non-hydrogen) atoms. The van der Waals surface area contributed by atoms with Gasteiger partial charge in [-0.05, 0) is 56.6 Å². The molecule has 0 spiro atoms. The highest BCUT2D eigenvalue weighted by Gasteiger charge is 2.19. The first kappa shape index (κ1) is 18.7. The fourth-order valence-electron chi connectivity index (χ4n) is 2.96. The summed E-state index contributed by atoms with van der Waals surface area (Å²) < 4.78 is 19.3. The lowest BCUT2D eigenvalue weighted by atomic mass is 10.1. The number of carbonyl (C=O) groups excluding carboxylic acids is 1. The fourth-order valence-corrected chi connectivity index (χ4v) is 3.21. The van der Waals surface area contributed by atoms with Crippen molar-refractivity contribution in [3.8, 4) is 5.75 Å². The number of nitrogens with zero attached hydrogens (tertiary/aromatic N) is 1. The lowest BCUT2D eigenvalue weighted by Gasteiger charge is -2.29. The second-order valence-corrected chi connectivity index (χ2v) is 7.09. The number of anilines is 1. The van der Waals surface area contributed by atoms with Gasteiger partial charge in [-0.15, -0.1) is 0 Å². The Morgan fingerprint density at radius 1 is 1.23 bits per heavy atom. The summed E-state index contributed by atoms with van der Waals surface area (Å²) >= 11 is 5.96. The Kier molecular flexibility index (Phi) is 5.79. The molecule has 1 fully saturated rings. The maximum absolute atomic E-state index is 13.1. The van der Waals surface area contributed by atoms with Crippen LogP contribution in [0.1, 0.15) is 28.8 Å². The molecule has 1 aliphatic rings. The summed E-state index contributed by atoms with van der Waals surface area (Å²) in [5, 5.41) is 2.88. The van der Waals surface area contributed by atoms with Gasteiger partial charge in [0.05, 0.1) is 10.6 Å². The Labute approximate surface area is 157 Å². The summed E-state index contributed by atoms with van der Waals surface area (Å²) in [4.78, 5) is 14.7. The van der Waals surface area contributed by atoms with Crippen LogP contribution in [0.15, 0.2) is 36.4 Å². The van der Waals surface area contributed by atoms with Crippen LogP contribution >= 0.6 is 11.6 Å². The molecule has 1 heterocycles. The van der Waals surface area contributed by atoms with Crippen molar-refractivity contribution < 1.29 is 13.9 Å². The van der Waals surface area contributed by atoms with E-state index in [1.54, 1.807) is 0 Å². The molecule has 0 aliphatic carbocycles. The van der Waals surface area contributed by atoms with Crippen molar-refractivity contribution in [2.75, 3.05) is 25.5 Å². The third-order valence-corrected chi connectivity index (χ3v) is 4.89. The Morgan fingerprint density at radius 3 is 2.65 bits per heavy atom. The Bertz CT molecular complexity index is 804. The fraction of sp³-hybridized carbons (Fsp3) is 0.350. The molecule has 4 nitrogen and oxygen atoms in total. The van der Waals surface area contributed by atoms with Crippen molar-refractivity contribution in [1.29, 1.82) is 0 Å². The third kappa shape index (κ3) is 4.54. The van der Waals surface area contributed by atoms with Crippen LogP contribution in [-0.2, 0) is 0 Å². The summed E-state index contributed by atoms with van der Waals surface area (Å²) in [5.74, 6) is -0.0950. The van der Waals surface area contributed by atoms with Crippen molar-refractivity contribution >= 4 is 23.2 Å². The quantitative estimate of drug-likeness (QED) is 0.853. The number of amides is 1. The zero-order valence-corrected chi connectivity index (χ0v) is 15.6. The Morgan fingerprint density at radius 2 is 1.96 bits per heavy atom. The monoisotopic (exact) mass is 376 g/mol. The minimum Gasteiger partial charge on any atom is -0.490 e. The number of likely N-dealkylation sites (tertiary alicyclic amines) is 1. The lowest BCUT2D eigenvalue weighted by Crippen LogP contribution is -2.35. The van der Waals surface area contributed by atoms with Crippen LogP contribution in [0.2, 0.25) is 5.02 Å². The molecule has 2 aromatic rings. The van der Waals surface area contributed by atoms with Gasteiger partial charge in [0.1, 0.15) is 17.7 Å². The highest BCUT2D eigenvalue weighted by atomic mass is 35.5. The number of nitrogens with one attached hydrogen (secondary N) is 1. The molecular formula is C20H22ClFN2O2. The van der Waals surface area contributed by atoms with Gasteiger partial charge < -0.3 is 15.0 Å². The van der Waals surface area contributed by atoms with Crippen LogP contribution in [0.3, 0.4) is 0 Å². The predicted octanol–water partition coefficient (Wildman–Crippen LogP) is 4.51. The number of ether oxygens (including phenoxy) is 1. The zero-order valence-electron chi connectivity index (χ0n) is 14.9. The van der Waals surface area contributed by atoms with E-state index in [4.69, 9.17) is 16.3 Å². The van der Waals surface area contributed by atoms with E-state index in [0.717, 1.165) is 43.3 Å². The third-order valence-electron chi connectivity index (χ3n) is 4.58. The minimum atomic E-state index is -0.476. The first-order valence-corrected chi connectivity index (χ1v) is 9.02. The molecule has 1 aliphatic heterocycles. The summed E-state index contributed by atoms with van der Waals surface area (Å²) in [6, 6.07) is 9.25. The van der Waals surface area contributed by atoms with Crippen molar-refractivity contribution in [3.05, 3.63) is 58.4 Å². The van der Waals surface area contributed by atoms with E-state index in [1.165, 1.54) is 12.1 Å². The van der Waals surface area contributed by atoms with Crippen LogP contribution in [0, 0.1) is 12.7 Å². The van der Waals surface area contributed by atoms with Crippen LogP contribution in [0.5, 0.6) is 5.75 Å². The second kappa shape index (κ2) is 8.06. The average Bonchev–Trinajstić information content (AvgIpc) is 2.59. The molecule has 138 valence electrons. The standard InChI is InChI=1S/C20H22ClFN2O2/c1-13-3-5-15(12-19(13)26-16-7-9-24(2)10-8-16)23-20(25)17-6-4-14(22)11-18(17)21/h3-6,11-12,16H,7-10H2,1-2H3,(H,23,25). The van der Waals surface area contributed by atoms with E-state index in [1.807, 2.05) is 25.1 Å². The highest BCUT2D eigenvalue weighted by molar-refractivity contribution is 6.34. The number of rotatable bonds is 4. The van der Waals surface area contributed by atoms with Gasteiger partial charge in [-0.25, -0.2) is 4.39 Å². The molecule has 0 radical (unpaired) electrons. The normalized spacial score (nSPS) is 15.7. The molecule has 0 saturated carbocycles. The molecule has 2 aromatic carbocycles. The van der Waals surface area contributed by atoms with E-state index in [0.29, 0.717) is 5.69 Å². The van der Waals surface area contributed by atoms with Crippen molar-refractivity contribution in [2.45, 2.75) is 25.9 Å². The minimum absolute atomic E-state index is 0.0809. The highest BCUT2D eigenvalue weighted by Crippen LogP contribution is 2.27. The van der Waals surface area contributed by atoms with Gasteiger partial charge in [-0.1, -0.05) is 17.7 Å². The molecule has 0 aromatic heterocycles. The average molecular weight is 377 g/mol. The zero-order chi connectivity index (χ0) is 18.7. The number of carbonyl (C=O) groups is 1. The van der Waals surface area contributed by atoms with E-state index in [9.17, 15) is 9.18 Å². The first-order valence-electron chi connectivity index (χ1n) is 8.64. The van der Waals surface area contributed by atoms with Gasteiger partial charge in [0.15, 0.2) is 0 Å². The maximum atomic E-state index is 13.1. The summed E-state index contributed by atoms with van der Waals surface area (Å²) in [7, 11) is 2.11. The van der Waals surface area contributed by atoms with E-state index >= 15 is 0 Å². The number of piperidine rings is 1. The first-order chi connectivity index (χ1) is 12.4. The SMILES string of the molecule is Cc1ccc(NC(=O)c2ccc(F)cc2Cl)cc1OC1CCN(C)CC1. The van der Waals surface area contributed by atoms with Gasteiger partial charge in [0, 0.05) is 24.8 Å². The molecule has 1 N–H and O–H groups in total. The van der Waals surface area contributed by atoms with Crippen LogP contribution in [0.25, 0.3) is 0 Å². The van der Waals surface area contributed by atoms with Gasteiger partial charge in [-0.2, -0.15) is 0 Å². The molecule has 0 bridgehead atoms. The molecule has 0 unspecified atom stereocenters. The molecule has 1 saturated heterocycles. The van der Waals surface area contributed by atoms with E-state index in [-0.39, 0.29) is 22.6 Å². The van der Waals surface area contributed by atoms with Gasteiger partial charge >= 0.3 is 0 Å².